The Morgan fingerprint density at radius 3 is 2.47 bits per heavy atom. The van der Waals surface area contributed by atoms with E-state index in [4.69, 9.17) is 0 Å². The van der Waals surface area contributed by atoms with Gasteiger partial charge in [0.2, 0.25) is 11.8 Å². The lowest BCUT2D eigenvalue weighted by atomic mass is 9.82. The van der Waals surface area contributed by atoms with Crippen molar-refractivity contribution < 1.29 is 9.59 Å². The van der Waals surface area contributed by atoms with E-state index in [0.29, 0.717) is 18.9 Å². The Bertz CT molecular complexity index is 428. The number of allylic oxidation sites excluding steroid dienone is 1. The second-order valence-corrected chi connectivity index (χ2v) is 6.05. The molecule has 0 radical (unpaired) electrons. The van der Waals surface area contributed by atoms with E-state index >= 15 is 0 Å². The molecule has 1 saturated heterocycles. The Morgan fingerprint density at radius 1 is 1.37 bits per heavy atom. The van der Waals surface area contributed by atoms with Crippen LogP contribution in [0.3, 0.4) is 0 Å². The summed E-state index contributed by atoms with van der Waals surface area (Å²) in [5, 5.41) is 2.96. The maximum atomic E-state index is 12.8. The number of hydrogen-bond donors (Lipinski definition) is 1. The van der Waals surface area contributed by atoms with E-state index in [-0.39, 0.29) is 11.8 Å². The number of nitrogens with one attached hydrogen (secondary N) is 1. The lowest BCUT2D eigenvalue weighted by Crippen LogP contribution is -2.74. The quantitative estimate of drug-likeness (QED) is 0.788. The molecule has 2 fully saturated rings. The number of rotatable bonds is 4. The topological polar surface area (TPSA) is 49.4 Å². The highest BCUT2D eigenvalue weighted by molar-refractivity contribution is 6.02. The van der Waals surface area contributed by atoms with Crippen molar-refractivity contribution in [2.24, 2.45) is 5.92 Å². The Balaban J connectivity index is 2.38. The van der Waals surface area contributed by atoms with Crippen LogP contribution in [0.2, 0.25) is 0 Å². The minimum atomic E-state index is -0.757. The van der Waals surface area contributed by atoms with Crippen LogP contribution in [0.1, 0.15) is 47.0 Å². The fourth-order valence-electron chi connectivity index (χ4n) is 2.84. The van der Waals surface area contributed by atoms with Crippen LogP contribution in [0.15, 0.2) is 12.2 Å². The molecule has 4 nitrogen and oxygen atoms in total. The molecular formula is C15H24N2O2. The second kappa shape index (κ2) is 4.66. The summed E-state index contributed by atoms with van der Waals surface area (Å²) in [6.07, 6.45) is 6.56. The number of amides is 2. The molecule has 1 aliphatic heterocycles. The molecule has 2 atom stereocenters. The maximum Gasteiger partial charge on any atom is 0.249 e. The zero-order valence-electron chi connectivity index (χ0n) is 12.3. The van der Waals surface area contributed by atoms with Crippen LogP contribution in [0.4, 0.5) is 0 Å². The first-order valence-corrected chi connectivity index (χ1v) is 7.16. The summed E-state index contributed by atoms with van der Waals surface area (Å²) in [5.41, 5.74) is -1.43. The highest BCUT2D eigenvalue weighted by Gasteiger charge is 2.59. The minimum Gasteiger partial charge on any atom is -0.340 e. The summed E-state index contributed by atoms with van der Waals surface area (Å²) in [5.74, 6) is 0.355. The van der Waals surface area contributed by atoms with E-state index in [9.17, 15) is 9.59 Å². The average molecular weight is 264 g/mol. The fraction of sp³-hybridized carbons (Fsp3) is 0.733. The van der Waals surface area contributed by atoms with Crippen molar-refractivity contribution in [3.8, 4) is 0 Å². The minimum absolute atomic E-state index is 0.00320. The molecule has 2 amide bonds. The smallest absolute Gasteiger partial charge is 0.249 e. The van der Waals surface area contributed by atoms with Crippen LogP contribution in [0, 0.1) is 5.92 Å². The second-order valence-electron chi connectivity index (χ2n) is 6.05. The number of hydrogen-bond acceptors (Lipinski definition) is 2. The van der Waals surface area contributed by atoms with Crippen molar-refractivity contribution in [3.63, 3.8) is 0 Å². The van der Waals surface area contributed by atoms with Gasteiger partial charge in [-0.1, -0.05) is 19.1 Å². The molecule has 1 heterocycles. The standard InChI is InChI=1S/C15H24N2O2/c1-5-7-10-17-13(19)14(3,6-2)16-12(18)15(17,4)11-8-9-11/h5,7,11H,6,8-10H2,1-4H3,(H,16,18)/b7-5+. The number of piperazine rings is 1. The van der Waals surface area contributed by atoms with E-state index in [2.05, 4.69) is 5.32 Å². The SMILES string of the molecule is C/C=C/CN1C(=O)C(C)(CC)NC(=O)C1(C)C1CC1. The van der Waals surface area contributed by atoms with Crippen LogP contribution in [0.5, 0.6) is 0 Å². The van der Waals surface area contributed by atoms with E-state index in [0.717, 1.165) is 12.8 Å². The van der Waals surface area contributed by atoms with Gasteiger partial charge in [0, 0.05) is 6.54 Å². The Hall–Kier alpha value is -1.32. The van der Waals surface area contributed by atoms with Gasteiger partial charge >= 0.3 is 0 Å². The van der Waals surface area contributed by atoms with E-state index < -0.39 is 11.1 Å². The number of carbonyl (C=O) groups excluding carboxylic acids is 2. The third-order valence-electron chi connectivity index (χ3n) is 4.73. The van der Waals surface area contributed by atoms with Crippen LogP contribution in [-0.2, 0) is 9.59 Å². The van der Waals surface area contributed by atoms with Crippen LogP contribution < -0.4 is 5.32 Å². The molecule has 0 aromatic heterocycles. The van der Waals surface area contributed by atoms with Crippen LogP contribution in [0.25, 0.3) is 0 Å². The number of nitrogens with zero attached hydrogens (tertiary/aromatic N) is 1. The normalized spacial score (nSPS) is 35.9. The van der Waals surface area contributed by atoms with E-state index in [1.165, 1.54) is 0 Å². The molecule has 0 aromatic carbocycles. The molecule has 1 saturated carbocycles. The highest BCUT2D eigenvalue weighted by Crippen LogP contribution is 2.46. The van der Waals surface area contributed by atoms with Gasteiger partial charge in [-0.15, -0.1) is 0 Å². The van der Waals surface area contributed by atoms with Gasteiger partial charge in [-0.2, -0.15) is 0 Å². The molecular weight excluding hydrogens is 240 g/mol. The molecule has 19 heavy (non-hydrogen) atoms. The summed E-state index contributed by atoms with van der Waals surface area (Å²) in [7, 11) is 0. The van der Waals surface area contributed by atoms with Crippen molar-refractivity contribution in [1.82, 2.24) is 10.2 Å². The summed E-state index contributed by atoms with van der Waals surface area (Å²) >= 11 is 0. The van der Waals surface area contributed by atoms with Gasteiger partial charge in [-0.05, 0) is 46.0 Å². The van der Waals surface area contributed by atoms with Gasteiger partial charge in [0.15, 0.2) is 0 Å². The summed E-state index contributed by atoms with van der Waals surface area (Å²) in [6, 6.07) is 0. The van der Waals surface area contributed by atoms with Gasteiger partial charge in [0.05, 0.1) is 0 Å². The highest BCUT2D eigenvalue weighted by atomic mass is 16.2. The molecule has 2 aliphatic rings. The first kappa shape index (κ1) is 14.1. The van der Waals surface area contributed by atoms with Gasteiger partial charge in [-0.25, -0.2) is 0 Å². The Morgan fingerprint density at radius 2 is 2.00 bits per heavy atom. The average Bonchev–Trinajstić information content (AvgIpc) is 3.21. The maximum absolute atomic E-state index is 12.8. The summed E-state index contributed by atoms with van der Waals surface area (Å²) < 4.78 is 0. The Labute approximate surface area is 115 Å². The Kier molecular flexibility index (Phi) is 3.45. The lowest BCUT2D eigenvalue weighted by Gasteiger charge is -2.50. The van der Waals surface area contributed by atoms with Crippen LogP contribution >= 0.6 is 0 Å². The van der Waals surface area contributed by atoms with Gasteiger partial charge < -0.3 is 10.2 Å². The fourth-order valence-corrected chi connectivity index (χ4v) is 2.84. The predicted octanol–water partition coefficient (Wildman–Crippen LogP) is 1.86. The summed E-state index contributed by atoms with van der Waals surface area (Å²) in [6.45, 7) is 8.12. The molecule has 2 unspecified atom stereocenters. The molecule has 2 rings (SSSR count). The van der Waals surface area contributed by atoms with E-state index in [1.807, 2.05) is 39.8 Å². The summed E-state index contributed by atoms with van der Waals surface area (Å²) in [4.78, 5) is 27.1. The lowest BCUT2D eigenvalue weighted by molar-refractivity contribution is -0.162. The molecule has 106 valence electrons. The molecule has 0 aromatic rings. The van der Waals surface area contributed by atoms with Crippen molar-refractivity contribution in [3.05, 3.63) is 12.2 Å². The number of carbonyl (C=O) groups is 2. The first-order chi connectivity index (χ1) is 8.90. The predicted molar refractivity (Wildman–Crippen MR) is 74.5 cm³/mol. The largest absolute Gasteiger partial charge is 0.340 e. The van der Waals surface area contributed by atoms with E-state index in [1.54, 1.807) is 4.90 Å². The first-order valence-electron chi connectivity index (χ1n) is 7.16. The van der Waals surface area contributed by atoms with Crippen molar-refractivity contribution in [2.75, 3.05) is 6.54 Å². The third-order valence-corrected chi connectivity index (χ3v) is 4.73. The molecule has 0 bridgehead atoms. The van der Waals surface area contributed by atoms with Crippen molar-refractivity contribution >= 4 is 11.8 Å². The zero-order chi connectivity index (χ0) is 14.3. The van der Waals surface area contributed by atoms with Gasteiger partial charge in [0.1, 0.15) is 11.1 Å². The van der Waals surface area contributed by atoms with Crippen molar-refractivity contribution in [1.29, 1.82) is 0 Å². The molecule has 4 heteroatoms. The van der Waals surface area contributed by atoms with Gasteiger partial charge in [0.25, 0.3) is 0 Å². The monoisotopic (exact) mass is 264 g/mol. The van der Waals surface area contributed by atoms with Gasteiger partial charge in [-0.3, -0.25) is 9.59 Å². The molecule has 1 N–H and O–H groups in total. The molecule has 0 spiro atoms. The van der Waals surface area contributed by atoms with Crippen LogP contribution in [-0.4, -0.2) is 34.3 Å². The third kappa shape index (κ3) is 2.07. The zero-order valence-corrected chi connectivity index (χ0v) is 12.3. The van der Waals surface area contributed by atoms with Crippen molar-refractivity contribution in [2.45, 2.75) is 58.0 Å². The molecule has 1 aliphatic carbocycles.